The van der Waals surface area contributed by atoms with Gasteiger partial charge in [-0.25, -0.2) is 0 Å². The number of benzene rings is 1. The zero-order valence-electron chi connectivity index (χ0n) is 11.6. The van der Waals surface area contributed by atoms with Gasteiger partial charge in [-0.2, -0.15) is 11.8 Å². The molecule has 2 nitrogen and oxygen atoms in total. The van der Waals surface area contributed by atoms with Gasteiger partial charge in [0.2, 0.25) is 0 Å². The number of para-hydroxylation sites is 1. The van der Waals surface area contributed by atoms with E-state index in [1.54, 1.807) is 0 Å². The van der Waals surface area contributed by atoms with E-state index < -0.39 is 0 Å². The Balaban J connectivity index is 1.46. The molecule has 1 aliphatic carbocycles. The summed E-state index contributed by atoms with van der Waals surface area (Å²) in [7, 11) is 0. The average Bonchev–Trinajstić information content (AvgIpc) is 2.88. The van der Waals surface area contributed by atoms with Gasteiger partial charge in [0, 0.05) is 24.3 Å². The SMILES string of the molecule is CSC1CCCC(NCC2Cc3ccccc3O2)C1. The number of rotatable bonds is 4. The second-order valence-electron chi connectivity index (χ2n) is 5.68. The number of fused-ring (bicyclic) bond motifs is 1. The summed E-state index contributed by atoms with van der Waals surface area (Å²) in [6.07, 6.45) is 9.04. The fraction of sp³-hybridized carbons (Fsp3) is 0.625. The molecule has 3 rings (SSSR count). The van der Waals surface area contributed by atoms with Crippen molar-refractivity contribution in [2.75, 3.05) is 12.8 Å². The van der Waals surface area contributed by atoms with Crippen LogP contribution in [0.15, 0.2) is 24.3 Å². The van der Waals surface area contributed by atoms with E-state index in [1.165, 1.54) is 31.2 Å². The van der Waals surface area contributed by atoms with Gasteiger partial charge in [-0.3, -0.25) is 0 Å². The van der Waals surface area contributed by atoms with Crippen molar-refractivity contribution in [3.8, 4) is 5.75 Å². The van der Waals surface area contributed by atoms with E-state index in [0.29, 0.717) is 12.1 Å². The second kappa shape index (κ2) is 6.19. The summed E-state index contributed by atoms with van der Waals surface area (Å²) in [6.45, 7) is 0.987. The predicted molar refractivity (Wildman–Crippen MR) is 82.1 cm³/mol. The van der Waals surface area contributed by atoms with E-state index >= 15 is 0 Å². The quantitative estimate of drug-likeness (QED) is 0.913. The molecule has 0 spiro atoms. The minimum absolute atomic E-state index is 0.326. The van der Waals surface area contributed by atoms with Gasteiger partial charge in [0.05, 0.1) is 0 Å². The lowest BCUT2D eigenvalue weighted by atomic mass is 9.95. The molecular weight excluding hydrogens is 254 g/mol. The lowest BCUT2D eigenvalue weighted by Gasteiger charge is -2.29. The van der Waals surface area contributed by atoms with Crippen LogP contribution in [-0.4, -0.2) is 30.2 Å². The molecule has 1 saturated carbocycles. The van der Waals surface area contributed by atoms with Crippen LogP contribution >= 0.6 is 11.8 Å². The molecule has 0 bridgehead atoms. The summed E-state index contributed by atoms with van der Waals surface area (Å²) >= 11 is 2.03. The molecule has 3 unspecified atom stereocenters. The molecule has 1 aromatic carbocycles. The Morgan fingerprint density at radius 1 is 1.32 bits per heavy atom. The average molecular weight is 277 g/mol. The van der Waals surface area contributed by atoms with Crippen molar-refractivity contribution in [2.45, 2.75) is 49.5 Å². The summed E-state index contributed by atoms with van der Waals surface area (Å²) in [5.74, 6) is 1.08. The maximum Gasteiger partial charge on any atom is 0.123 e. The molecule has 3 heteroatoms. The topological polar surface area (TPSA) is 21.3 Å². The van der Waals surface area contributed by atoms with E-state index in [0.717, 1.165) is 24.0 Å². The monoisotopic (exact) mass is 277 g/mol. The van der Waals surface area contributed by atoms with Crippen LogP contribution in [0.5, 0.6) is 5.75 Å². The second-order valence-corrected chi connectivity index (χ2v) is 6.82. The lowest BCUT2D eigenvalue weighted by Crippen LogP contribution is -2.40. The summed E-state index contributed by atoms with van der Waals surface area (Å²) in [5.41, 5.74) is 1.36. The van der Waals surface area contributed by atoms with Crippen molar-refractivity contribution in [1.29, 1.82) is 0 Å². The highest BCUT2D eigenvalue weighted by atomic mass is 32.2. The zero-order valence-corrected chi connectivity index (χ0v) is 12.4. The first-order chi connectivity index (χ1) is 9.35. The van der Waals surface area contributed by atoms with Gasteiger partial charge in [0.15, 0.2) is 0 Å². The van der Waals surface area contributed by atoms with Crippen LogP contribution in [0.3, 0.4) is 0 Å². The number of thioether (sulfide) groups is 1. The molecule has 1 heterocycles. The molecule has 0 amide bonds. The van der Waals surface area contributed by atoms with E-state index in [4.69, 9.17) is 4.74 Å². The minimum Gasteiger partial charge on any atom is -0.488 e. The fourth-order valence-corrected chi connectivity index (χ4v) is 4.04. The molecule has 2 aliphatic rings. The van der Waals surface area contributed by atoms with Crippen molar-refractivity contribution < 1.29 is 4.74 Å². The van der Waals surface area contributed by atoms with E-state index in [9.17, 15) is 0 Å². The fourth-order valence-electron chi connectivity index (χ4n) is 3.21. The number of ether oxygens (including phenoxy) is 1. The summed E-state index contributed by atoms with van der Waals surface area (Å²) in [5, 5.41) is 4.58. The third kappa shape index (κ3) is 3.26. The molecule has 1 fully saturated rings. The van der Waals surface area contributed by atoms with Crippen molar-refractivity contribution in [3.63, 3.8) is 0 Å². The van der Waals surface area contributed by atoms with Crippen molar-refractivity contribution in [1.82, 2.24) is 5.32 Å². The molecule has 1 aliphatic heterocycles. The van der Waals surface area contributed by atoms with Crippen LogP contribution in [0.25, 0.3) is 0 Å². The van der Waals surface area contributed by atoms with Gasteiger partial charge in [0.25, 0.3) is 0 Å². The standard InChI is InChI=1S/C16H23NOS/c1-19-15-7-4-6-13(10-15)17-11-14-9-12-5-2-3-8-16(12)18-14/h2-3,5,8,13-15,17H,4,6-7,9-11H2,1H3. The smallest absolute Gasteiger partial charge is 0.123 e. The van der Waals surface area contributed by atoms with Crippen molar-refractivity contribution >= 4 is 11.8 Å². The van der Waals surface area contributed by atoms with Gasteiger partial charge < -0.3 is 10.1 Å². The lowest BCUT2D eigenvalue weighted by molar-refractivity contribution is 0.215. The number of hydrogen-bond acceptors (Lipinski definition) is 3. The van der Waals surface area contributed by atoms with Gasteiger partial charge in [-0.05, 0) is 37.1 Å². The maximum atomic E-state index is 5.98. The molecule has 1 aromatic rings. The van der Waals surface area contributed by atoms with Crippen LogP contribution < -0.4 is 10.1 Å². The minimum atomic E-state index is 0.326. The van der Waals surface area contributed by atoms with Crippen molar-refractivity contribution in [2.24, 2.45) is 0 Å². The van der Waals surface area contributed by atoms with Gasteiger partial charge >= 0.3 is 0 Å². The Morgan fingerprint density at radius 3 is 3.05 bits per heavy atom. The Kier molecular flexibility index (Phi) is 4.34. The Morgan fingerprint density at radius 2 is 2.21 bits per heavy atom. The van der Waals surface area contributed by atoms with Crippen molar-refractivity contribution in [3.05, 3.63) is 29.8 Å². The largest absolute Gasteiger partial charge is 0.488 e. The molecule has 0 aromatic heterocycles. The third-order valence-corrected chi connectivity index (χ3v) is 5.40. The van der Waals surface area contributed by atoms with Crippen LogP contribution in [0.2, 0.25) is 0 Å². The molecule has 3 atom stereocenters. The summed E-state index contributed by atoms with van der Waals surface area (Å²) in [6, 6.07) is 9.11. The Hall–Kier alpha value is -0.670. The molecule has 1 N–H and O–H groups in total. The highest BCUT2D eigenvalue weighted by Crippen LogP contribution is 2.29. The van der Waals surface area contributed by atoms with E-state index in [2.05, 4.69) is 35.8 Å². The van der Waals surface area contributed by atoms with Crippen LogP contribution in [0.1, 0.15) is 31.2 Å². The van der Waals surface area contributed by atoms with E-state index in [-0.39, 0.29) is 0 Å². The van der Waals surface area contributed by atoms with Crippen LogP contribution in [-0.2, 0) is 6.42 Å². The van der Waals surface area contributed by atoms with Crippen LogP contribution in [0, 0.1) is 0 Å². The first kappa shape index (κ1) is 13.3. The molecule has 19 heavy (non-hydrogen) atoms. The number of hydrogen-bond donors (Lipinski definition) is 1. The highest BCUT2D eigenvalue weighted by Gasteiger charge is 2.25. The highest BCUT2D eigenvalue weighted by molar-refractivity contribution is 7.99. The van der Waals surface area contributed by atoms with Gasteiger partial charge in [0.1, 0.15) is 11.9 Å². The summed E-state index contributed by atoms with van der Waals surface area (Å²) < 4.78 is 5.98. The normalized spacial score (nSPS) is 29.8. The molecule has 0 saturated heterocycles. The maximum absolute atomic E-state index is 5.98. The van der Waals surface area contributed by atoms with E-state index in [1.807, 2.05) is 11.8 Å². The molecular formula is C16H23NOS. The Bertz CT molecular complexity index is 398. The summed E-state index contributed by atoms with van der Waals surface area (Å²) in [4.78, 5) is 0. The Labute approximate surface area is 120 Å². The van der Waals surface area contributed by atoms with Gasteiger partial charge in [-0.1, -0.05) is 24.6 Å². The third-order valence-electron chi connectivity index (χ3n) is 4.31. The van der Waals surface area contributed by atoms with Gasteiger partial charge in [-0.15, -0.1) is 0 Å². The van der Waals surface area contributed by atoms with Crippen LogP contribution in [0.4, 0.5) is 0 Å². The molecule has 0 radical (unpaired) electrons. The zero-order chi connectivity index (χ0) is 13.1. The predicted octanol–water partition coefficient (Wildman–Crippen LogP) is 3.25. The first-order valence-corrected chi connectivity index (χ1v) is 8.64. The molecule has 104 valence electrons. The number of nitrogens with one attached hydrogen (secondary N) is 1. The first-order valence-electron chi connectivity index (χ1n) is 7.36.